The van der Waals surface area contributed by atoms with Crippen LogP contribution in [-0.2, 0) is 0 Å². The van der Waals surface area contributed by atoms with Crippen molar-refractivity contribution in [2.75, 3.05) is 0 Å². The largest absolute Gasteiger partial charge is 0.262 e. The molecule has 1 aliphatic rings. The highest BCUT2D eigenvalue weighted by atomic mass is 19.2. The first-order valence-corrected chi connectivity index (χ1v) is 17.1. The van der Waals surface area contributed by atoms with E-state index in [1.165, 1.54) is 12.1 Å². The van der Waals surface area contributed by atoms with Gasteiger partial charge in [-0.3, -0.25) is 0 Å². The van der Waals surface area contributed by atoms with Gasteiger partial charge in [0.1, 0.15) is 35.4 Å². The minimum absolute atomic E-state index is 0.843. The maximum Gasteiger partial charge on any atom is 0.262 e. The lowest BCUT2D eigenvalue weighted by Crippen LogP contribution is -2.03. The molecule has 0 saturated heterocycles. The van der Waals surface area contributed by atoms with Gasteiger partial charge in [0.05, 0.1) is 57.4 Å². The third kappa shape index (κ3) is 6.93. The Bertz CT molecular complexity index is 3670. The molecular formula is C48H12F12N6. The first kappa shape index (κ1) is 31.5. The van der Waals surface area contributed by atoms with Crippen LogP contribution in [0.25, 0.3) is 59.9 Å². The number of allylic oxidation sites excluding steroid dienone is 5. The predicted molar refractivity (Wildman–Crippen MR) is 209 cm³/mol. The van der Waals surface area contributed by atoms with Crippen molar-refractivity contribution in [1.82, 2.24) is 0 Å². The summed E-state index contributed by atoms with van der Waals surface area (Å²) >= 11 is 0. The summed E-state index contributed by atoms with van der Waals surface area (Å²) in [7, 11) is 0. The Kier molecular flexibility index (Phi) is 8.14. The molecule has 0 aliphatic heterocycles. The summed E-state index contributed by atoms with van der Waals surface area (Å²) in [6.45, 7) is 15.1. The van der Waals surface area contributed by atoms with Crippen LogP contribution < -0.4 is 0 Å². The summed E-state index contributed by atoms with van der Waals surface area (Å²) in [4.78, 5) is 5.48. The molecule has 0 heterocycles. The van der Waals surface area contributed by atoms with E-state index in [2.05, 4.69) is 9.69 Å². The highest BCUT2D eigenvalue weighted by Gasteiger charge is 2.41. The van der Waals surface area contributed by atoms with E-state index in [4.69, 9.17) is 40.1 Å². The van der Waals surface area contributed by atoms with Crippen LogP contribution in [0.3, 0.4) is 0 Å². The normalized spacial score (nSPS) is 16.5. The molecule has 0 amide bonds. The van der Waals surface area contributed by atoms with Gasteiger partial charge in [0.25, 0.3) is 5.69 Å². The van der Waals surface area contributed by atoms with Crippen molar-refractivity contribution in [1.29, 1.82) is 21.0 Å². The second-order valence-corrected chi connectivity index (χ2v) is 12.6. The summed E-state index contributed by atoms with van der Waals surface area (Å²) in [6.07, 6.45) is 0. The van der Waals surface area contributed by atoms with Gasteiger partial charge in [-0.05, 0) is 50.1 Å². The summed E-state index contributed by atoms with van der Waals surface area (Å²) in [5, 5.41) is 39.7. The lowest BCUT2D eigenvalue weighted by atomic mass is 9.97. The van der Waals surface area contributed by atoms with E-state index in [9.17, 15) is 36.9 Å². The Labute approximate surface area is 380 Å². The molecule has 0 spiro atoms. The molecule has 6 nitrogen and oxygen atoms in total. The van der Waals surface area contributed by atoms with Crippen LogP contribution >= 0.6 is 0 Å². The lowest BCUT2D eigenvalue weighted by molar-refractivity contribution is 0.454. The predicted octanol–water partition coefficient (Wildman–Crippen LogP) is 13.2. The molecule has 0 bridgehead atoms. The van der Waals surface area contributed by atoms with Gasteiger partial charge in [-0.1, -0.05) is 72.5 Å². The first-order valence-electron chi connectivity index (χ1n) is 23.1. The van der Waals surface area contributed by atoms with Gasteiger partial charge in [0.2, 0.25) is 5.70 Å². The van der Waals surface area contributed by atoms with Gasteiger partial charge >= 0.3 is 0 Å². The Morgan fingerprint density at radius 3 is 0.955 bits per heavy atom. The van der Waals surface area contributed by atoms with Crippen molar-refractivity contribution in [3.05, 3.63) is 210 Å². The third-order valence-corrected chi connectivity index (χ3v) is 9.22. The number of hydrogen-bond acceptors (Lipinski definition) is 4. The minimum Gasteiger partial charge on any atom is -0.237 e. The molecule has 66 heavy (non-hydrogen) atoms. The fourth-order valence-corrected chi connectivity index (χ4v) is 6.15. The maximum absolute atomic E-state index is 15.4. The van der Waals surface area contributed by atoms with Crippen molar-refractivity contribution in [2.24, 2.45) is 0 Å². The molecule has 0 radical (unpaired) electrons. The van der Waals surface area contributed by atoms with Gasteiger partial charge in [0.15, 0.2) is 69.8 Å². The number of halogens is 12. The number of nitriles is 4. The van der Waals surface area contributed by atoms with Gasteiger partial charge < -0.3 is 0 Å². The monoisotopic (exact) mass is 912 g/mol. The second kappa shape index (κ2) is 17.1. The molecule has 1 fully saturated rings. The number of benzene rings is 6. The van der Waals surface area contributed by atoms with Gasteiger partial charge in [-0.15, -0.1) is 0 Å². The summed E-state index contributed by atoms with van der Waals surface area (Å²) in [5.41, 5.74) is -27.1. The molecule has 0 N–H and O–H groups in total. The molecule has 0 atom stereocenters. The van der Waals surface area contributed by atoms with Crippen LogP contribution in [0.15, 0.2) is 89.2 Å². The van der Waals surface area contributed by atoms with E-state index in [0.717, 1.165) is 12.1 Å². The molecule has 1 aliphatic carbocycles. The summed E-state index contributed by atoms with van der Waals surface area (Å²) < 4.78 is 286. The number of rotatable bonds is 6. The highest BCUT2D eigenvalue weighted by Crippen LogP contribution is 2.56. The molecule has 0 unspecified atom stereocenters. The summed E-state index contributed by atoms with van der Waals surface area (Å²) in [6, 6.07) is -14.6. The van der Waals surface area contributed by atoms with Crippen molar-refractivity contribution < 1.29 is 69.1 Å². The van der Waals surface area contributed by atoms with E-state index >= 15 is 26.3 Å². The average molecular weight is 913 g/mol. The standard InChI is InChI=1S/C48H12F12N6/c1-65-47(24-13-11-23(12-14-24)30-41(55)37(51)28(18-64)38(52)42(30)56)34-32(25(15-61)19-3-7-21(8-4-19)29-39(53)35(49)27(17-63)36(50)40(29)54)33(34)26(16-62)20-5-9-22(10-6-20)31-43(57)45(59)48(66-2)46(60)44(31)58/h3-14H/b32-25+,33-26-,47-34-/i3D,4D,5D,6D,7D,8D,9D,10D,11D,12D,13D,14D. The second-order valence-electron chi connectivity index (χ2n) is 12.6. The molecule has 18 heteroatoms. The Morgan fingerprint density at radius 1 is 0.409 bits per heavy atom. The fraction of sp³-hybridized carbons (Fsp3) is 0. The van der Waals surface area contributed by atoms with E-state index in [-0.39, 0.29) is 0 Å². The zero-order chi connectivity index (χ0) is 58.5. The quantitative estimate of drug-likeness (QED) is 0.0718. The zero-order valence-electron chi connectivity index (χ0n) is 43.2. The SMILES string of the molecule is [2H]c1c([2H])c(-c2c(F)c(F)c(C#N)c(F)c2F)c([2H])c([2H])c1/C(C#N)=C1/C(=C(/[N+]#[C-])c2c([2H])c([2H])c(-c3c(F)c(F)c(C#N)c(F)c3F)c([2H])c2[2H])/C1=C(/C#N)c1c([2H])c([2H])c(-c2c(F)c(F)c([N+]#[C-])c(F)c2F)c([2H])c1[2H]. The van der Waals surface area contributed by atoms with E-state index < -0.39 is 243 Å². The van der Waals surface area contributed by atoms with E-state index in [0.29, 0.717) is 0 Å². The van der Waals surface area contributed by atoms with Crippen LogP contribution in [0, 0.1) is 128 Å². The lowest BCUT2D eigenvalue weighted by Gasteiger charge is -2.10. The molecule has 318 valence electrons. The molecule has 1 saturated carbocycles. The first-order chi connectivity index (χ1) is 36.5. The number of hydrogen-bond donors (Lipinski definition) is 0. The highest BCUT2D eigenvalue weighted by molar-refractivity contribution is 6.11. The smallest absolute Gasteiger partial charge is 0.237 e. The fourth-order valence-electron chi connectivity index (χ4n) is 6.15. The van der Waals surface area contributed by atoms with Crippen LogP contribution in [0.2, 0.25) is 0 Å². The molecule has 7 rings (SSSR count). The summed E-state index contributed by atoms with van der Waals surface area (Å²) in [5.74, 6) is -28.7. The minimum atomic E-state index is -2.42. The zero-order valence-corrected chi connectivity index (χ0v) is 31.2. The van der Waals surface area contributed by atoms with Gasteiger partial charge in [-0.2, -0.15) is 21.0 Å². The van der Waals surface area contributed by atoms with Crippen LogP contribution in [-0.4, -0.2) is 0 Å². The molecule has 6 aromatic carbocycles. The number of nitrogens with zero attached hydrogens (tertiary/aromatic N) is 6. The molecule has 6 aromatic rings. The molecular weight excluding hydrogens is 889 g/mol. The van der Waals surface area contributed by atoms with Crippen molar-refractivity contribution in [3.8, 4) is 57.7 Å². The topological polar surface area (TPSA) is 104 Å². The van der Waals surface area contributed by atoms with Crippen LogP contribution in [0.5, 0.6) is 0 Å². The Hall–Kier alpha value is -9.36. The van der Waals surface area contributed by atoms with Crippen molar-refractivity contribution in [2.45, 2.75) is 0 Å². The maximum atomic E-state index is 15.4. The Morgan fingerprint density at radius 2 is 0.697 bits per heavy atom. The van der Waals surface area contributed by atoms with Gasteiger partial charge in [-0.25, -0.2) is 62.4 Å². The third-order valence-electron chi connectivity index (χ3n) is 9.22. The van der Waals surface area contributed by atoms with E-state index in [1.54, 1.807) is 0 Å². The Balaban J connectivity index is 1.68. The van der Waals surface area contributed by atoms with Crippen molar-refractivity contribution in [3.63, 3.8) is 0 Å². The van der Waals surface area contributed by atoms with Crippen LogP contribution in [0.1, 0.15) is 44.3 Å². The van der Waals surface area contributed by atoms with Crippen molar-refractivity contribution >= 4 is 22.5 Å². The van der Waals surface area contributed by atoms with Gasteiger partial charge in [0, 0.05) is 0 Å². The van der Waals surface area contributed by atoms with E-state index in [1.807, 2.05) is 0 Å². The van der Waals surface area contributed by atoms with Crippen LogP contribution in [0.4, 0.5) is 58.4 Å². The molecule has 0 aromatic heterocycles. The average Bonchev–Trinajstić information content (AvgIpc) is 4.30.